The summed E-state index contributed by atoms with van der Waals surface area (Å²) in [5, 5.41) is 7.61. The van der Waals surface area contributed by atoms with Crippen LogP contribution in [0.5, 0.6) is 11.5 Å². The van der Waals surface area contributed by atoms with E-state index in [0.717, 1.165) is 22.7 Å². The smallest absolute Gasteiger partial charge is 0.162 e. The minimum atomic E-state index is 0.173. The van der Waals surface area contributed by atoms with Gasteiger partial charge < -0.3 is 14.8 Å². The van der Waals surface area contributed by atoms with Gasteiger partial charge in [0.1, 0.15) is 0 Å². The number of nitrogens with one attached hydrogen (secondary N) is 1. The summed E-state index contributed by atoms with van der Waals surface area (Å²) in [4.78, 5) is 0. The van der Waals surface area contributed by atoms with E-state index in [4.69, 9.17) is 9.47 Å². The highest BCUT2D eigenvalue weighted by molar-refractivity contribution is 5.55. The van der Waals surface area contributed by atoms with Crippen molar-refractivity contribution in [3.8, 4) is 11.5 Å². The quantitative estimate of drug-likeness (QED) is 0.880. The van der Waals surface area contributed by atoms with Gasteiger partial charge in [0.2, 0.25) is 0 Å². The van der Waals surface area contributed by atoms with E-state index in [1.54, 1.807) is 11.8 Å². The van der Waals surface area contributed by atoms with E-state index < -0.39 is 0 Å². The maximum Gasteiger partial charge on any atom is 0.162 e. The number of nitrogens with zero attached hydrogens (tertiary/aromatic N) is 2. The van der Waals surface area contributed by atoms with E-state index >= 15 is 0 Å². The summed E-state index contributed by atoms with van der Waals surface area (Å²) in [6, 6.07) is 6.02. The lowest BCUT2D eigenvalue weighted by molar-refractivity contribution is 0.311. The average molecular weight is 275 g/mol. The molecule has 108 valence electrons. The van der Waals surface area contributed by atoms with Crippen LogP contribution in [0.1, 0.15) is 25.5 Å². The van der Waals surface area contributed by atoms with Crippen molar-refractivity contribution in [1.29, 1.82) is 0 Å². The van der Waals surface area contributed by atoms with Crippen LogP contribution in [-0.4, -0.2) is 23.5 Å². The molecule has 1 unspecified atom stereocenters. The largest absolute Gasteiger partial charge is 0.493 e. The van der Waals surface area contributed by atoms with E-state index in [9.17, 15) is 0 Å². The molecule has 0 amide bonds. The minimum absolute atomic E-state index is 0.173. The number of aryl methyl sites for hydroxylation is 1. The zero-order chi connectivity index (χ0) is 14.5. The third-order valence-corrected chi connectivity index (χ3v) is 3.07. The molecule has 20 heavy (non-hydrogen) atoms. The highest BCUT2D eigenvalue weighted by Gasteiger charge is 2.10. The second kappa shape index (κ2) is 6.32. The van der Waals surface area contributed by atoms with Gasteiger partial charge in [0.05, 0.1) is 26.0 Å². The maximum absolute atomic E-state index is 5.51. The Labute approximate surface area is 119 Å². The van der Waals surface area contributed by atoms with Gasteiger partial charge >= 0.3 is 0 Å². The van der Waals surface area contributed by atoms with Gasteiger partial charge in [0.15, 0.2) is 11.5 Å². The lowest BCUT2D eigenvalue weighted by atomic mass is 10.1. The SMILES string of the molecule is CCOc1ccc(NC(C)c2cnn(C)c2)cc1OC. The molecule has 1 atom stereocenters. The molecule has 1 heterocycles. The van der Waals surface area contributed by atoms with E-state index in [1.165, 1.54) is 0 Å². The monoisotopic (exact) mass is 275 g/mol. The van der Waals surface area contributed by atoms with Crippen LogP contribution in [0.3, 0.4) is 0 Å². The molecule has 5 nitrogen and oxygen atoms in total. The molecule has 0 fully saturated rings. The number of aromatic nitrogens is 2. The highest BCUT2D eigenvalue weighted by Crippen LogP contribution is 2.31. The van der Waals surface area contributed by atoms with E-state index in [2.05, 4.69) is 17.3 Å². The molecule has 1 aromatic carbocycles. The third kappa shape index (κ3) is 3.23. The van der Waals surface area contributed by atoms with Crippen LogP contribution in [0, 0.1) is 0 Å². The zero-order valence-corrected chi connectivity index (χ0v) is 12.4. The van der Waals surface area contributed by atoms with Gasteiger partial charge in [-0.05, 0) is 26.0 Å². The summed E-state index contributed by atoms with van der Waals surface area (Å²) >= 11 is 0. The fourth-order valence-corrected chi connectivity index (χ4v) is 2.03. The first-order valence-electron chi connectivity index (χ1n) is 6.70. The molecule has 2 rings (SSSR count). The van der Waals surface area contributed by atoms with Crippen LogP contribution >= 0.6 is 0 Å². The fourth-order valence-electron chi connectivity index (χ4n) is 2.03. The van der Waals surface area contributed by atoms with Gasteiger partial charge in [-0.25, -0.2) is 0 Å². The summed E-state index contributed by atoms with van der Waals surface area (Å²) in [5.41, 5.74) is 2.13. The third-order valence-electron chi connectivity index (χ3n) is 3.07. The molecule has 5 heteroatoms. The van der Waals surface area contributed by atoms with Gasteiger partial charge in [0.25, 0.3) is 0 Å². The van der Waals surface area contributed by atoms with Gasteiger partial charge in [-0.2, -0.15) is 5.10 Å². The topological polar surface area (TPSA) is 48.3 Å². The molecule has 1 aromatic heterocycles. The fraction of sp³-hybridized carbons (Fsp3) is 0.400. The first-order valence-corrected chi connectivity index (χ1v) is 6.70. The Kier molecular flexibility index (Phi) is 4.50. The number of ether oxygens (including phenoxy) is 2. The average Bonchev–Trinajstić information content (AvgIpc) is 2.87. The van der Waals surface area contributed by atoms with Crippen molar-refractivity contribution in [3.63, 3.8) is 0 Å². The summed E-state index contributed by atoms with van der Waals surface area (Å²) in [7, 11) is 3.56. The number of methoxy groups -OCH3 is 1. The van der Waals surface area contributed by atoms with Crippen LogP contribution < -0.4 is 14.8 Å². The standard InChI is InChI=1S/C15H21N3O2/c1-5-20-14-7-6-13(8-15(14)19-4)17-11(2)12-9-16-18(3)10-12/h6-11,17H,5H2,1-4H3. The van der Waals surface area contributed by atoms with Crippen molar-refractivity contribution in [2.45, 2.75) is 19.9 Å². The number of anilines is 1. The Morgan fingerprint density at radius 3 is 2.75 bits per heavy atom. The van der Waals surface area contributed by atoms with Crippen LogP contribution in [0.2, 0.25) is 0 Å². The number of hydrogen-bond donors (Lipinski definition) is 1. The number of benzene rings is 1. The predicted octanol–water partition coefficient (Wildman–Crippen LogP) is 3.00. The van der Waals surface area contributed by atoms with Crippen molar-refractivity contribution >= 4 is 5.69 Å². The second-order valence-electron chi connectivity index (χ2n) is 4.61. The van der Waals surface area contributed by atoms with Crippen molar-refractivity contribution in [3.05, 3.63) is 36.2 Å². The number of hydrogen-bond acceptors (Lipinski definition) is 4. The molecule has 0 aliphatic heterocycles. The van der Waals surface area contributed by atoms with Crippen molar-refractivity contribution in [1.82, 2.24) is 9.78 Å². The summed E-state index contributed by atoms with van der Waals surface area (Å²) in [5.74, 6) is 1.49. The molecule has 0 aliphatic rings. The Bertz CT molecular complexity index is 566. The molecule has 0 saturated heterocycles. The molecule has 0 radical (unpaired) electrons. The van der Waals surface area contributed by atoms with E-state index in [1.807, 2.05) is 44.6 Å². The molecule has 0 aliphatic carbocycles. The van der Waals surface area contributed by atoms with Crippen LogP contribution in [0.25, 0.3) is 0 Å². The van der Waals surface area contributed by atoms with Crippen LogP contribution in [0.4, 0.5) is 5.69 Å². The summed E-state index contributed by atoms with van der Waals surface area (Å²) in [6.45, 7) is 4.67. The van der Waals surface area contributed by atoms with E-state index in [0.29, 0.717) is 6.61 Å². The van der Waals surface area contributed by atoms with Crippen molar-refractivity contribution in [2.24, 2.45) is 7.05 Å². The first-order chi connectivity index (χ1) is 9.63. The Hall–Kier alpha value is -2.17. The van der Waals surface area contributed by atoms with Gasteiger partial charge in [-0.3, -0.25) is 4.68 Å². The lowest BCUT2D eigenvalue weighted by Gasteiger charge is -2.16. The van der Waals surface area contributed by atoms with Gasteiger partial charge in [-0.1, -0.05) is 0 Å². The van der Waals surface area contributed by atoms with Gasteiger partial charge in [0, 0.05) is 30.6 Å². The van der Waals surface area contributed by atoms with Crippen molar-refractivity contribution in [2.75, 3.05) is 19.0 Å². The first kappa shape index (κ1) is 14.2. The molecular formula is C15H21N3O2. The second-order valence-corrected chi connectivity index (χ2v) is 4.61. The normalized spacial score (nSPS) is 12.0. The molecule has 1 N–H and O–H groups in total. The summed E-state index contributed by atoms with van der Waals surface area (Å²) < 4.78 is 12.7. The molecule has 0 bridgehead atoms. The molecule has 0 spiro atoms. The minimum Gasteiger partial charge on any atom is -0.493 e. The Morgan fingerprint density at radius 2 is 2.15 bits per heavy atom. The van der Waals surface area contributed by atoms with Crippen molar-refractivity contribution < 1.29 is 9.47 Å². The molecule has 0 saturated carbocycles. The maximum atomic E-state index is 5.51. The van der Waals surface area contributed by atoms with E-state index in [-0.39, 0.29) is 6.04 Å². The number of rotatable bonds is 6. The Morgan fingerprint density at radius 1 is 1.35 bits per heavy atom. The highest BCUT2D eigenvalue weighted by atomic mass is 16.5. The zero-order valence-electron chi connectivity index (χ0n) is 12.4. The lowest BCUT2D eigenvalue weighted by Crippen LogP contribution is -2.06. The molecule has 2 aromatic rings. The van der Waals surface area contributed by atoms with Crippen LogP contribution in [0.15, 0.2) is 30.6 Å². The summed E-state index contributed by atoms with van der Waals surface area (Å²) in [6.07, 6.45) is 3.87. The molecular weight excluding hydrogens is 254 g/mol. The van der Waals surface area contributed by atoms with Crippen LogP contribution in [-0.2, 0) is 7.05 Å². The Balaban J connectivity index is 2.13. The van der Waals surface area contributed by atoms with Gasteiger partial charge in [-0.15, -0.1) is 0 Å². The predicted molar refractivity (Wildman–Crippen MR) is 79.4 cm³/mol.